The third kappa shape index (κ3) is 3.98. The SMILES string of the molecule is NC(=O)c1ccccc1OCC(=O)N1c2ccccc2SC[C@@H]1c1ccccc1. The Kier molecular flexibility index (Phi) is 5.53. The van der Waals surface area contributed by atoms with Crippen molar-refractivity contribution in [3.8, 4) is 5.75 Å². The zero-order valence-electron chi connectivity index (χ0n) is 15.7. The summed E-state index contributed by atoms with van der Waals surface area (Å²) in [5, 5.41) is 0. The van der Waals surface area contributed by atoms with Gasteiger partial charge in [0.15, 0.2) is 6.61 Å². The van der Waals surface area contributed by atoms with E-state index in [9.17, 15) is 9.59 Å². The third-order valence-electron chi connectivity index (χ3n) is 4.79. The van der Waals surface area contributed by atoms with E-state index in [0.717, 1.165) is 21.9 Å². The van der Waals surface area contributed by atoms with Crippen LogP contribution in [-0.2, 0) is 4.79 Å². The normalized spacial score (nSPS) is 15.4. The van der Waals surface area contributed by atoms with E-state index in [0.29, 0.717) is 5.75 Å². The van der Waals surface area contributed by atoms with Gasteiger partial charge in [-0.3, -0.25) is 14.5 Å². The first-order chi connectivity index (χ1) is 14.1. The molecular weight excluding hydrogens is 384 g/mol. The number of nitrogens with zero attached hydrogens (tertiary/aromatic N) is 1. The van der Waals surface area contributed by atoms with Crippen LogP contribution in [0, 0.1) is 0 Å². The number of amides is 2. The molecule has 146 valence electrons. The second-order valence-electron chi connectivity index (χ2n) is 6.62. The van der Waals surface area contributed by atoms with Gasteiger partial charge in [-0.2, -0.15) is 0 Å². The molecule has 5 nitrogen and oxygen atoms in total. The molecule has 1 atom stereocenters. The Labute approximate surface area is 173 Å². The van der Waals surface area contributed by atoms with Crippen LogP contribution in [0.15, 0.2) is 83.8 Å². The van der Waals surface area contributed by atoms with E-state index in [1.54, 1.807) is 40.9 Å². The van der Waals surface area contributed by atoms with Crippen molar-refractivity contribution < 1.29 is 14.3 Å². The molecule has 29 heavy (non-hydrogen) atoms. The van der Waals surface area contributed by atoms with Crippen LogP contribution in [0.25, 0.3) is 0 Å². The number of primary amides is 1. The average molecular weight is 404 g/mol. The lowest BCUT2D eigenvalue weighted by atomic mass is 10.1. The molecule has 1 aliphatic heterocycles. The first-order valence-electron chi connectivity index (χ1n) is 9.25. The highest BCUT2D eigenvalue weighted by Gasteiger charge is 2.32. The lowest BCUT2D eigenvalue weighted by Gasteiger charge is -2.37. The molecule has 0 spiro atoms. The van der Waals surface area contributed by atoms with Crippen molar-refractivity contribution in [3.63, 3.8) is 0 Å². The summed E-state index contributed by atoms with van der Waals surface area (Å²) in [7, 11) is 0. The Morgan fingerprint density at radius 1 is 0.966 bits per heavy atom. The molecule has 4 rings (SSSR count). The number of carbonyl (C=O) groups excluding carboxylic acids is 2. The predicted octanol–water partition coefficient (Wildman–Crippen LogP) is 4.04. The van der Waals surface area contributed by atoms with Gasteiger partial charge >= 0.3 is 0 Å². The summed E-state index contributed by atoms with van der Waals surface area (Å²) < 4.78 is 5.71. The van der Waals surface area contributed by atoms with Crippen molar-refractivity contribution in [2.75, 3.05) is 17.3 Å². The molecule has 1 heterocycles. The summed E-state index contributed by atoms with van der Waals surface area (Å²) >= 11 is 1.74. The maximum absolute atomic E-state index is 13.3. The molecule has 0 saturated carbocycles. The third-order valence-corrected chi connectivity index (χ3v) is 5.93. The van der Waals surface area contributed by atoms with Crippen LogP contribution >= 0.6 is 11.8 Å². The second kappa shape index (κ2) is 8.41. The van der Waals surface area contributed by atoms with Gasteiger partial charge in [0.2, 0.25) is 0 Å². The number of anilines is 1. The molecule has 0 radical (unpaired) electrons. The Bertz CT molecular complexity index is 1040. The maximum Gasteiger partial charge on any atom is 0.265 e. The molecule has 0 fully saturated rings. The van der Waals surface area contributed by atoms with E-state index in [2.05, 4.69) is 0 Å². The minimum atomic E-state index is -0.588. The smallest absolute Gasteiger partial charge is 0.265 e. The van der Waals surface area contributed by atoms with Gasteiger partial charge in [0, 0.05) is 10.6 Å². The molecule has 2 N–H and O–H groups in total. The number of benzene rings is 3. The standard InChI is InChI=1S/C23H20N2O3S/c24-23(27)17-10-4-6-12-20(17)28-14-22(26)25-18-11-5-7-13-21(18)29-15-19(25)16-8-2-1-3-9-16/h1-13,19H,14-15H2,(H2,24,27)/t19-/m1/s1. The average Bonchev–Trinajstić information content (AvgIpc) is 2.77. The van der Waals surface area contributed by atoms with Gasteiger partial charge in [-0.25, -0.2) is 0 Å². The zero-order valence-corrected chi connectivity index (χ0v) is 16.5. The van der Waals surface area contributed by atoms with Crippen LogP contribution in [0.3, 0.4) is 0 Å². The van der Waals surface area contributed by atoms with Crippen molar-refractivity contribution in [2.24, 2.45) is 5.73 Å². The van der Waals surface area contributed by atoms with E-state index in [1.165, 1.54) is 0 Å². The number of fused-ring (bicyclic) bond motifs is 1. The van der Waals surface area contributed by atoms with Gasteiger partial charge in [-0.1, -0.05) is 54.6 Å². The summed E-state index contributed by atoms with van der Waals surface area (Å²) in [4.78, 5) is 27.7. The minimum absolute atomic E-state index is 0.0985. The van der Waals surface area contributed by atoms with Crippen LogP contribution < -0.4 is 15.4 Å². The first kappa shape index (κ1) is 19.1. The van der Waals surface area contributed by atoms with Gasteiger partial charge in [-0.05, 0) is 29.8 Å². The van der Waals surface area contributed by atoms with Gasteiger partial charge < -0.3 is 10.5 Å². The van der Waals surface area contributed by atoms with E-state index in [1.807, 2.05) is 54.6 Å². The first-order valence-corrected chi connectivity index (χ1v) is 10.2. The largest absolute Gasteiger partial charge is 0.483 e. The Morgan fingerprint density at radius 3 is 2.45 bits per heavy atom. The molecule has 0 aromatic heterocycles. The van der Waals surface area contributed by atoms with Crippen molar-refractivity contribution in [2.45, 2.75) is 10.9 Å². The van der Waals surface area contributed by atoms with Crippen LogP contribution in [0.5, 0.6) is 5.75 Å². The highest BCUT2D eigenvalue weighted by molar-refractivity contribution is 7.99. The fourth-order valence-corrected chi connectivity index (χ4v) is 4.59. The van der Waals surface area contributed by atoms with Crippen LogP contribution in [-0.4, -0.2) is 24.2 Å². The lowest BCUT2D eigenvalue weighted by molar-refractivity contribution is -0.121. The molecule has 3 aromatic rings. The maximum atomic E-state index is 13.3. The number of nitrogens with two attached hydrogens (primary N) is 1. The molecule has 0 aliphatic carbocycles. The van der Waals surface area contributed by atoms with Gasteiger partial charge in [0.1, 0.15) is 5.75 Å². The highest BCUT2D eigenvalue weighted by atomic mass is 32.2. The van der Waals surface area contributed by atoms with Crippen LogP contribution in [0.1, 0.15) is 22.0 Å². The molecular formula is C23H20N2O3S. The zero-order chi connectivity index (χ0) is 20.2. The molecule has 3 aromatic carbocycles. The molecule has 0 unspecified atom stereocenters. The monoisotopic (exact) mass is 404 g/mol. The molecule has 6 heteroatoms. The van der Waals surface area contributed by atoms with Gasteiger partial charge in [0.25, 0.3) is 11.8 Å². The van der Waals surface area contributed by atoms with Crippen molar-refractivity contribution in [1.82, 2.24) is 0 Å². The summed E-state index contributed by atoms with van der Waals surface area (Å²) in [5.74, 6) is 0.301. The van der Waals surface area contributed by atoms with E-state index in [-0.39, 0.29) is 24.1 Å². The second-order valence-corrected chi connectivity index (χ2v) is 7.68. The minimum Gasteiger partial charge on any atom is -0.483 e. The Balaban J connectivity index is 1.63. The predicted molar refractivity (Wildman–Crippen MR) is 114 cm³/mol. The number of para-hydroxylation sites is 2. The summed E-state index contributed by atoms with van der Waals surface area (Å²) in [6.07, 6.45) is 0. The van der Waals surface area contributed by atoms with Crippen molar-refractivity contribution in [3.05, 3.63) is 90.0 Å². The van der Waals surface area contributed by atoms with E-state index < -0.39 is 5.91 Å². The summed E-state index contributed by atoms with van der Waals surface area (Å²) in [5.41, 5.74) is 7.61. The molecule has 1 aliphatic rings. The summed E-state index contributed by atoms with van der Waals surface area (Å²) in [6.45, 7) is -0.188. The molecule has 2 amide bonds. The highest BCUT2D eigenvalue weighted by Crippen LogP contribution is 2.43. The number of thioether (sulfide) groups is 1. The Morgan fingerprint density at radius 2 is 1.66 bits per heavy atom. The number of hydrogen-bond donors (Lipinski definition) is 1. The van der Waals surface area contributed by atoms with Crippen molar-refractivity contribution >= 4 is 29.3 Å². The Hall–Kier alpha value is -3.25. The van der Waals surface area contributed by atoms with E-state index >= 15 is 0 Å². The quantitative estimate of drug-likeness (QED) is 0.696. The number of hydrogen-bond acceptors (Lipinski definition) is 4. The fourth-order valence-electron chi connectivity index (χ4n) is 3.42. The number of ether oxygens (including phenoxy) is 1. The number of carbonyl (C=O) groups is 2. The van der Waals surface area contributed by atoms with Crippen LogP contribution in [0.2, 0.25) is 0 Å². The molecule has 0 bridgehead atoms. The van der Waals surface area contributed by atoms with Crippen LogP contribution in [0.4, 0.5) is 5.69 Å². The lowest BCUT2D eigenvalue weighted by Crippen LogP contribution is -2.41. The summed E-state index contributed by atoms with van der Waals surface area (Å²) in [6, 6.07) is 24.4. The number of rotatable bonds is 5. The fraction of sp³-hybridized carbons (Fsp3) is 0.130. The van der Waals surface area contributed by atoms with Crippen molar-refractivity contribution in [1.29, 1.82) is 0 Å². The molecule has 0 saturated heterocycles. The van der Waals surface area contributed by atoms with Gasteiger partial charge in [0.05, 0.1) is 17.3 Å². The van der Waals surface area contributed by atoms with Gasteiger partial charge in [-0.15, -0.1) is 11.8 Å². The topological polar surface area (TPSA) is 72.6 Å². The van der Waals surface area contributed by atoms with E-state index in [4.69, 9.17) is 10.5 Å².